The highest BCUT2D eigenvalue weighted by Crippen LogP contribution is 2.48. The number of halogens is 1. The predicted molar refractivity (Wildman–Crippen MR) is 216 cm³/mol. The van der Waals surface area contributed by atoms with Crippen molar-refractivity contribution in [3.05, 3.63) is 46.4 Å². The van der Waals surface area contributed by atoms with Crippen molar-refractivity contribution in [3.63, 3.8) is 0 Å². The summed E-state index contributed by atoms with van der Waals surface area (Å²) in [4.78, 5) is 32.7. The van der Waals surface area contributed by atoms with E-state index in [4.69, 9.17) is 25.4 Å². The van der Waals surface area contributed by atoms with Crippen molar-refractivity contribution in [2.75, 3.05) is 25.1 Å². The normalized spacial score (nSPS) is 18.5. The van der Waals surface area contributed by atoms with Gasteiger partial charge in [0.2, 0.25) is 11.9 Å². The summed E-state index contributed by atoms with van der Waals surface area (Å²) in [7, 11) is -1.24. The molecule has 0 bridgehead atoms. The van der Waals surface area contributed by atoms with Crippen LogP contribution in [0, 0.1) is 37.5 Å². The van der Waals surface area contributed by atoms with Gasteiger partial charge < -0.3 is 20.5 Å². The Morgan fingerprint density at radius 3 is 2.18 bits per heavy atom. The third-order valence-electron chi connectivity index (χ3n) is 12.5. The van der Waals surface area contributed by atoms with Crippen molar-refractivity contribution in [2.45, 2.75) is 149 Å². The number of aromatic nitrogens is 5. The van der Waals surface area contributed by atoms with Gasteiger partial charge in [0.05, 0.1) is 28.9 Å². The fourth-order valence-corrected chi connectivity index (χ4v) is 10.4. The summed E-state index contributed by atoms with van der Waals surface area (Å²) in [6.45, 7) is 14.9. The minimum Gasteiger partial charge on any atom is -0.381 e. The average molecular weight is 778 g/mol. The Hall–Kier alpha value is -3.42. The number of primary amides is 1. The Labute approximate surface area is 327 Å². The first kappa shape index (κ1) is 41.2. The molecule has 1 unspecified atom stereocenters. The van der Waals surface area contributed by atoms with Gasteiger partial charge in [-0.25, -0.2) is 9.67 Å². The molecule has 55 heavy (non-hydrogen) atoms. The van der Waals surface area contributed by atoms with Crippen LogP contribution in [-0.2, 0) is 27.4 Å². The Morgan fingerprint density at radius 1 is 0.982 bits per heavy atom. The van der Waals surface area contributed by atoms with Gasteiger partial charge >= 0.3 is 0 Å². The molecule has 3 aromatic heterocycles. The molecule has 3 aromatic rings. The molecule has 302 valence electrons. The van der Waals surface area contributed by atoms with E-state index >= 15 is 9.18 Å². The minimum absolute atomic E-state index is 0.0335. The van der Waals surface area contributed by atoms with E-state index in [1.54, 1.807) is 12.1 Å². The number of amides is 2. The summed E-state index contributed by atoms with van der Waals surface area (Å²) >= 11 is 0. The molecule has 3 aliphatic rings. The van der Waals surface area contributed by atoms with Crippen molar-refractivity contribution in [1.29, 1.82) is 0 Å². The largest absolute Gasteiger partial charge is 0.381 e. The molecule has 2 aliphatic carbocycles. The van der Waals surface area contributed by atoms with Crippen LogP contribution in [0.2, 0.25) is 25.7 Å². The minimum atomic E-state index is -1.24. The van der Waals surface area contributed by atoms with Crippen LogP contribution in [0.15, 0.2) is 12.1 Å². The Balaban J connectivity index is 1.35. The zero-order valence-electron chi connectivity index (χ0n) is 34.1. The molecule has 4 heterocycles. The van der Waals surface area contributed by atoms with Gasteiger partial charge in [0.15, 0.2) is 0 Å². The van der Waals surface area contributed by atoms with Crippen molar-refractivity contribution in [3.8, 4) is 11.1 Å². The number of nitrogens with one attached hydrogen (secondary N) is 1. The molecule has 6 rings (SSSR count). The Morgan fingerprint density at radius 2 is 1.62 bits per heavy atom. The van der Waals surface area contributed by atoms with E-state index in [0.29, 0.717) is 78.6 Å². The third kappa shape index (κ3) is 9.59. The molecule has 0 radical (unpaired) electrons. The van der Waals surface area contributed by atoms with Gasteiger partial charge in [0.1, 0.15) is 12.5 Å². The van der Waals surface area contributed by atoms with Crippen LogP contribution in [0.4, 0.5) is 10.2 Å². The second-order valence-corrected chi connectivity index (χ2v) is 23.1. The molecule has 3 fully saturated rings. The van der Waals surface area contributed by atoms with E-state index in [1.807, 2.05) is 30.1 Å². The fourth-order valence-electron chi connectivity index (χ4n) is 9.67. The van der Waals surface area contributed by atoms with Crippen LogP contribution in [0.3, 0.4) is 0 Å². The highest BCUT2D eigenvalue weighted by Gasteiger charge is 2.45. The summed E-state index contributed by atoms with van der Waals surface area (Å²) in [5.41, 5.74) is 10.2. The number of anilines is 1. The number of rotatable bonds is 15. The van der Waals surface area contributed by atoms with Gasteiger partial charge in [-0.05, 0) is 69.0 Å². The summed E-state index contributed by atoms with van der Waals surface area (Å²) in [6.07, 6.45) is 13.2. The summed E-state index contributed by atoms with van der Waals surface area (Å²) in [5, 5.41) is 12.9. The lowest BCUT2D eigenvalue weighted by atomic mass is 9.63. The van der Waals surface area contributed by atoms with Gasteiger partial charge in [-0.2, -0.15) is 14.6 Å². The van der Waals surface area contributed by atoms with Crippen LogP contribution >= 0.6 is 0 Å². The zero-order chi connectivity index (χ0) is 39.3. The molecule has 0 aromatic carbocycles. The highest BCUT2D eigenvalue weighted by atomic mass is 28.3. The van der Waals surface area contributed by atoms with E-state index in [-0.39, 0.29) is 23.7 Å². The van der Waals surface area contributed by atoms with Crippen LogP contribution in [0.25, 0.3) is 11.1 Å². The van der Waals surface area contributed by atoms with E-state index in [9.17, 15) is 4.79 Å². The molecular formula is C42H64FN7O4Si. The number of carbonyl (C=O) groups is 2. The van der Waals surface area contributed by atoms with Gasteiger partial charge in [0, 0.05) is 50.4 Å². The lowest BCUT2D eigenvalue weighted by Crippen LogP contribution is -2.39. The predicted octanol–water partition coefficient (Wildman–Crippen LogP) is 8.72. The van der Waals surface area contributed by atoms with Crippen LogP contribution in [-0.4, -0.2) is 64.3 Å². The first-order chi connectivity index (χ1) is 26.4. The molecule has 1 saturated heterocycles. The number of hydrogen-bond donors (Lipinski definition) is 2. The van der Waals surface area contributed by atoms with E-state index in [2.05, 4.69) is 29.9 Å². The monoisotopic (exact) mass is 777 g/mol. The van der Waals surface area contributed by atoms with Gasteiger partial charge in [-0.3, -0.25) is 14.3 Å². The van der Waals surface area contributed by atoms with Crippen LogP contribution in [0.1, 0.15) is 129 Å². The molecule has 0 spiro atoms. The molecule has 11 nitrogen and oxygen atoms in total. The molecular weight excluding hydrogens is 714 g/mol. The lowest BCUT2D eigenvalue weighted by molar-refractivity contribution is -0.120. The second-order valence-electron chi connectivity index (χ2n) is 17.5. The van der Waals surface area contributed by atoms with Crippen LogP contribution in [0.5, 0.6) is 0 Å². The number of aryl methyl sites for hydroxylation is 1. The quantitative estimate of drug-likeness (QED) is 0.0894. The number of nitrogens with two attached hydrogens (primary N) is 1. The fraction of sp³-hybridized carbons (Fsp3) is 0.690. The summed E-state index contributed by atoms with van der Waals surface area (Å²) < 4.78 is 31.6. The molecule has 13 heteroatoms. The van der Waals surface area contributed by atoms with Crippen molar-refractivity contribution in [1.82, 2.24) is 24.5 Å². The molecule has 1 aliphatic heterocycles. The second kappa shape index (κ2) is 18.2. The first-order valence-electron chi connectivity index (χ1n) is 21.0. The number of nitrogens with zero attached hydrogens (tertiary/aromatic N) is 5. The van der Waals surface area contributed by atoms with Crippen molar-refractivity contribution >= 4 is 25.7 Å². The number of ether oxygens (including phenoxy) is 2. The summed E-state index contributed by atoms with van der Waals surface area (Å²) in [6, 6.07) is 4.46. The molecule has 1 atom stereocenters. The van der Waals surface area contributed by atoms with Gasteiger partial charge in [-0.1, -0.05) is 90.8 Å². The lowest BCUT2D eigenvalue weighted by Gasteiger charge is -2.41. The maximum atomic E-state index is 16.2. The molecule has 2 amide bonds. The Kier molecular flexibility index (Phi) is 13.7. The third-order valence-corrected chi connectivity index (χ3v) is 14.2. The van der Waals surface area contributed by atoms with Crippen molar-refractivity contribution < 1.29 is 23.5 Å². The standard InChI is InChI=1S/C42H64FN7O4Si/c1-7-33-35(27(2)47-49(33)26-54-24-25-55(4,5)6)32-18-19-34(45-40(32)43)46-42(52)38(37(29-14-10-8-11-15-29)30-16-12-9-13-17-30)39-36(41(44)51)28(3)50(48-39)31-20-22-53-23-21-31/h18-19,29-31,37-38H,7-17,20-26H2,1-6H3,(H2,44,51)(H,45,46,52). The maximum Gasteiger partial charge on any atom is 0.252 e. The SMILES string of the molecule is CCc1c(-c2ccc(NC(=O)C(c3nn(C4CCOCC4)c(C)c3C(N)=O)C(C3CCCCC3)C3CCCCC3)nc2F)c(C)nn1COCC[Si](C)(C)C. The first-order valence-corrected chi connectivity index (χ1v) is 24.7. The van der Waals surface area contributed by atoms with E-state index in [0.717, 1.165) is 75.9 Å². The highest BCUT2D eigenvalue weighted by molar-refractivity contribution is 6.76. The molecule has 3 N–H and O–H groups in total. The average Bonchev–Trinajstić information content (AvgIpc) is 3.68. The smallest absolute Gasteiger partial charge is 0.252 e. The van der Waals surface area contributed by atoms with Crippen LogP contribution < -0.4 is 11.1 Å². The Bertz CT molecular complexity index is 1770. The van der Waals surface area contributed by atoms with E-state index < -0.39 is 25.8 Å². The zero-order valence-corrected chi connectivity index (χ0v) is 35.1. The summed E-state index contributed by atoms with van der Waals surface area (Å²) in [5.74, 6) is -1.61. The number of pyridine rings is 1. The molecule has 2 saturated carbocycles. The number of carbonyl (C=O) groups excluding carboxylic acids is 2. The van der Waals surface area contributed by atoms with E-state index in [1.165, 1.54) is 12.8 Å². The number of hydrogen-bond acceptors (Lipinski definition) is 7. The van der Waals surface area contributed by atoms with Gasteiger partial charge in [0.25, 0.3) is 5.91 Å². The van der Waals surface area contributed by atoms with Gasteiger partial charge in [-0.15, -0.1) is 0 Å². The van der Waals surface area contributed by atoms with Crippen molar-refractivity contribution in [2.24, 2.45) is 23.5 Å². The topological polar surface area (TPSA) is 139 Å². The maximum absolute atomic E-state index is 16.2.